The molecule has 0 saturated heterocycles. The van der Waals surface area contributed by atoms with Crippen LogP contribution in [0.4, 0.5) is 5.69 Å². The normalized spacial score (nSPS) is 12.5. The first-order valence-corrected chi connectivity index (χ1v) is 9.64. The highest BCUT2D eigenvalue weighted by molar-refractivity contribution is 6.02. The number of aromatic amines is 1. The van der Waals surface area contributed by atoms with Crippen LogP contribution >= 0.6 is 0 Å². The molecule has 0 spiro atoms. The molecular weight excluding hydrogens is 352 g/mol. The number of anilines is 1. The molecule has 2 heterocycles. The minimum Gasteiger partial charge on any atom is -0.504 e. The number of carbonyl (C=O) groups excluding carboxylic acids is 1. The molecule has 0 fully saturated rings. The van der Waals surface area contributed by atoms with E-state index in [1.54, 1.807) is 0 Å². The molecular formula is C22H30N4O2. The van der Waals surface area contributed by atoms with Crippen LogP contribution < -0.4 is 5.32 Å². The second-order valence-corrected chi connectivity index (χ2v) is 9.11. The summed E-state index contributed by atoms with van der Waals surface area (Å²) in [5, 5.41) is 14.2. The van der Waals surface area contributed by atoms with Gasteiger partial charge in [0.05, 0.1) is 16.7 Å². The van der Waals surface area contributed by atoms with Crippen molar-refractivity contribution < 1.29 is 9.90 Å². The molecule has 0 aliphatic carbocycles. The van der Waals surface area contributed by atoms with Crippen LogP contribution in [0.3, 0.4) is 0 Å². The quantitative estimate of drug-likeness (QED) is 0.536. The summed E-state index contributed by atoms with van der Waals surface area (Å²) in [6.45, 7) is 12.0. The van der Waals surface area contributed by atoms with Crippen LogP contribution in [-0.2, 0) is 7.05 Å². The van der Waals surface area contributed by atoms with Crippen LogP contribution in [0, 0.1) is 5.41 Å². The van der Waals surface area contributed by atoms with Crippen molar-refractivity contribution in [3.63, 3.8) is 0 Å². The summed E-state index contributed by atoms with van der Waals surface area (Å²) >= 11 is 0. The average molecular weight is 383 g/mol. The fourth-order valence-electron chi connectivity index (χ4n) is 3.13. The number of aromatic hydroxyl groups is 1. The number of aryl methyl sites for hydroxylation is 1. The van der Waals surface area contributed by atoms with E-state index in [2.05, 4.69) is 36.1 Å². The molecule has 3 aromatic rings. The third-order valence-corrected chi connectivity index (χ3v) is 5.16. The number of carbonyl (C=O) groups is 1. The van der Waals surface area contributed by atoms with Crippen molar-refractivity contribution in [3.05, 3.63) is 30.0 Å². The van der Waals surface area contributed by atoms with E-state index in [1.165, 1.54) is 0 Å². The minimum atomic E-state index is -0.445. The van der Waals surface area contributed by atoms with Crippen molar-refractivity contribution in [1.82, 2.24) is 14.5 Å². The molecule has 6 nitrogen and oxygen atoms in total. The van der Waals surface area contributed by atoms with Crippen LogP contribution in [0.5, 0.6) is 5.75 Å². The molecule has 0 amide bonds. The Labute approximate surface area is 166 Å². The van der Waals surface area contributed by atoms with Crippen LogP contribution in [0.25, 0.3) is 22.6 Å². The van der Waals surface area contributed by atoms with Crippen LogP contribution in [0.15, 0.2) is 24.4 Å². The van der Waals surface area contributed by atoms with E-state index in [9.17, 15) is 9.90 Å². The summed E-state index contributed by atoms with van der Waals surface area (Å²) in [4.78, 5) is 20.5. The highest BCUT2D eigenvalue weighted by Gasteiger charge is 2.25. The third-order valence-electron chi connectivity index (χ3n) is 5.16. The second kappa shape index (κ2) is 6.69. The SMILES string of the molecule is CCC(C)(C)Nc1cn(C)c(-c2nc3ccc(C(=O)C(C)(C)C)cc3[nH]2)c1O. The number of fused-ring (bicyclic) bond motifs is 1. The van der Waals surface area contributed by atoms with Gasteiger partial charge in [0.2, 0.25) is 0 Å². The average Bonchev–Trinajstić information content (AvgIpc) is 3.12. The number of hydrogen-bond acceptors (Lipinski definition) is 4. The maximum atomic E-state index is 12.6. The molecule has 3 rings (SSSR count). The Morgan fingerprint density at radius 2 is 1.93 bits per heavy atom. The first kappa shape index (κ1) is 20.0. The molecule has 0 aliphatic rings. The summed E-state index contributed by atoms with van der Waals surface area (Å²) in [7, 11) is 1.88. The van der Waals surface area contributed by atoms with Gasteiger partial charge in [0, 0.05) is 29.8 Å². The number of benzene rings is 1. The van der Waals surface area contributed by atoms with Gasteiger partial charge in [-0.3, -0.25) is 4.79 Å². The van der Waals surface area contributed by atoms with Crippen molar-refractivity contribution in [3.8, 4) is 17.3 Å². The van der Waals surface area contributed by atoms with Crippen molar-refractivity contribution in [2.75, 3.05) is 5.32 Å². The third kappa shape index (κ3) is 3.63. The highest BCUT2D eigenvalue weighted by Crippen LogP contribution is 2.38. The number of imidazole rings is 1. The molecule has 0 unspecified atom stereocenters. The zero-order valence-electron chi connectivity index (χ0n) is 17.8. The molecule has 3 N–H and O–H groups in total. The van der Waals surface area contributed by atoms with E-state index in [1.807, 2.05) is 56.8 Å². The maximum absolute atomic E-state index is 12.6. The molecule has 0 saturated carbocycles. The number of Topliss-reactive ketones (excluding diaryl/α,β-unsaturated/α-hetero) is 1. The van der Waals surface area contributed by atoms with Gasteiger partial charge in [0.25, 0.3) is 0 Å². The fourth-order valence-corrected chi connectivity index (χ4v) is 3.13. The number of ketones is 1. The number of hydrogen-bond donors (Lipinski definition) is 3. The van der Waals surface area contributed by atoms with Crippen molar-refractivity contribution >= 4 is 22.5 Å². The van der Waals surface area contributed by atoms with Gasteiger partial charge in [-0.25, -0.2) is 4.98 Å². The van der Waals surface area contributed by atoms with Gasteiger partial charge in [-0.1, -0.05) is 27.7 Å². The lowest BCUT2D eigenvalue weighted by atomic mass is 9.86. The highest BCUT2D eigenvalue weighted by atomic mass is 16.3. The number of aromatic nitrogens is 3. The van der Waals surface area contributed by atoms with Gasteiger partial charge in [0.15, 0.2) is 17.4 Å². The lowest BCUT2D eigenvalue weighted by molar-refractivity contribution is 0.0858. The zero-order valence-corrected chi connectivity index (χ0v) is 17.8. The van der Waals surface area contributed by atoms with Crippen LogP contribution in [0.1, 0.15) is 58.3 Å². The smallest absolute Gasteiger partial charge is 0.168 e. The predicted octanol–water partition coefficient (Wildman–Crippen LogP) is 5.10. The zero-order chi connectivity index (χ0) is 20.9. The molecule has 0 radical (unpaired) electrons. The molecule has 0 atom stereocenters. The number of H-pyrrole nitrogens is 1. The molecule has 0 aliphatic heterocycles. The summed E-state index contributed by atoms with van der Waals surface area (Å²) in [5.74, 6) is 0.812. The van der Waals surface area contributed by atoms with E-state index in [4.69, 9.17) is 0 Å². The first-order chi connectivity index (χ1) is 12.9. The summed E-state index contributed by atoms with van der Waals surface area (Å²) in [5.41, 5.74) is 2.88. The van der Waals surface area contributed by atoms with Gasteiger partial charge >= 0.3 is 0 Å². The minimum absolute atomic E-state index is 0.0838. The Hall–Kier alpha value is -2.76. The van der Waals surface area contributed by atoms with E-state index < -0.39 is 5.41 Å². The lowest BCUT2D eigenvalue weighted by Crippen LogP contribution is -2.29. The van der Waals surface area contributed by atoms with Crippen molar-refractivity contribution in [1.29, 1.82) is 0 Å². The Morgan fingerprint density at radius 3 is 2.54 bits per heavy atom. The number of nitrogens with zero attached hydrogens (tertiary/aromatic N) is 2. The molecule has 28 heavy (non-hydrogen) atoms. The Kier molecular flexibility index (Phi) is 4.77. The lowest BCUT2D eigenvalue weighted by Gasteiger charge is -2.25. The number of rotatable bonds is 5. The molecule has 0 bridgehead atoms. The van der Waals surface area contributed by atoms with Gasteiger partial charge in [-0.2, -0.15) is 0 Å². The summed E-state index contributed by atoms with van der Waals surface area (Å²) in [6.07, 6.45) is 2.79. The molecule has 1 aromatic carbocycles. The van der Waals surface area contributed by atoms with E-state index in [0.717, 1.165) is 17.5 Å². The second-order valence-electron chi connectivity index (χ2n) is 9.11. The van der Waals surface area contributed by atoms with Gasteiger partial charge < -0.3 is 20.0 Å². The van der Waals surface area contributed by atoms with Gasteiger partial charge in [0.1, 0.15) is 5.69 Å². The maximum Gasteiger partial charge on any atom is 0.168 e. The van der Waals surface area contributed by atoms with E-state index in [0.29, 0.717) is 22.8 Å². The Morgan fingerprint density at radius 1 is 1.25 bits per heavy atom. The largest absolute Gasteiger partial charge is 0.504 e. The predicted molar refractivity (Wildman–Crippen MR) is 114 cm³/mol. The topological polar surface area (TPSA) is 82.9 Å². The van der Waals surface area contributed by atoms with Crippen LogP contribution in [0.2, 0.25) is 0 Å². The molecule has 6 heteroatoms. The summed E-state index contributed by atoms with van der Waals surface area (Å²) in [6, 6.07) is 5.48. The monoisotopic (exact) mass is 382 g/mol. The summed E-state index contributed by atoms with van der Waals surface area (Å²) < 4.78 is 1.85. The fraction of sp³-hybridized carbons (Fsp3) is 0.455. The Bertz CT molecular complexity index is 1030. The first-order valence-electron chi connectivity index (χ1n) is 9.64. The standard InChI is InChI=1S/C22H30N4O2/c1-8-22(5,6)25-16-12-26(7)17(18(16)27)20-23-14-10-9-13(11-15(14)24-20)19(28)21(2,3)4/h9-12,25,27H,8H2,1-7H3,(H,23,24). The van der Waals surface area contributed by atoms with Crippen molar-refractivity contribution in [2.24, 2.45) is 12.5 Å². The number of nitrogens with one attached hydrogen (secondary N) is 2. The van der Waals surface area contributed by atoms with Gasteiger partial charge in [-0.15, -0.1) is 0 Å². The van der Waals surface area contributed by atoms with E-state index >= 15 is 0 Å². The van der Waals surface area contributed by atoms with Crippen LogP contribution in [-0.4, -0.2) is 31.0 Å². The Balaban J connectivity index is 2.03. The van der Waals surface area contributed by atoms with Gasteiger partial charge in [-0.05, 0) is 38.5 Å². The van der Waals surface area contributed by atoms with E-state index in [-0.39, 0.29) is 17.1 Å². The van der Waals surface area contributed by atoms with Crippen molar-refractivity contribution in [2.45, 2.75) is 53.5 Å². The molecule has 2 aromatic heterocycles. The molecule has 150 valence electrons.